The lowest BCUT2D eigenvalue weighted by atomic mass is 10.1. The molecule has 5 rings (SSSR count). The number of aryl methyl sites for hydroxylation is 2. The van der Waals surface area contributed by atoms with Gasteiger partial charge in [0.1, 0.15) is 24.7 Å². The van der Waals surface area contributed by atoms with Crippen molar-refractivity contribution in [1.29, 1.82) is 0 Å². The van der Waals surface area contributed by atoms with Crippen LogP contribution in [-0.4, -0.2) is 22.6 Å². The third-order valence-electron chi connectivity index (χ3n) is 5.42. The first kappa shape index (κ1) is 20.3. The zero-order valence-corrected chi connectivity index (χ0v) is 18.7. The van der Waals surface area contributed by atoms with Gasteiger partial charge in [0.15, 0.2) is 4.96 Å². The molecular formula is C26H22N2O3S. The molecule has 2 heterocycles. The average Bonchev–Trinajstić information content (AvgIpc) is 3.31. The van der Waals surface area contributed by atoms with Gasteiger partial charge in [-0.3, -0.25) is 4.79 Å². The largest absolute Gasteiger partial charge is 0.490 e. The van der Waals surface area contributed by atoms with E-state index in [1.165, 1.54) is 22.5 Å². The Kier molecular flexibility index (Phi) is 5.37. The van der Waals surface area contributed by atoms with Gasteiger partial charge in [-0.1, -0.05) is 41.7 Å². The predicted octanol–water partition coefficient (Wildman–Crippen LogP) is 4.53. The molecule has 0 N–H and O–H groups in total. The molecule has 0 radical (unpaired) electrons. The molecule has 160 valence electrons. The summed E-state index contributed by atoms with van der Waals surface area (Å²) in [5.41, 5.74) is 5.04. The van der Waals surface area contributed by atoms with Gasteiger partial charge in [-0.25, -0.2) is 9.38 Å². The molecule has 0 unspecified atom stereocenters. The van der Waals surface area contributed by atoms with E-state index in [0.29, 0.717) is 22.7 Å². The summed E-state index contributed by atoms with van der Waals surface area (Å²) >= 11 is 1.40. The van der Waals surface area contributed by atoms with Crippen LogP contribution >= 0.6 is 11.3 Å². The molecule has 0 saturated heterocycles. The van der Waals surface area contributed by atoms with Gasteiger partial charge in [-0.05, 0) is 73.0 Å². The number of imidazole rings is 1. The van der Waals surface area contributed by atoms with E-state index in [2.05, 4.69) is 24.9 Å². The maximum absolute atomic E-state index is 12.9. The predicted molar refractivity (Wildman–Crippen MR) is 129 cm³/mol. The highest BCUT2D eigenvalue weighted by atomic mass is 32.1. The van der Waals surface area contributed by atoms with Crippen molar-refractivity contribution < 1.29 is 9.47 Å². The number of hydrogen-bond acceptors (Lipinski definition) is 5. The van der Waals surface area contributed by atoms with E-state index in [1.54, 1.807) is 4.40 Å². The molecule has 0 atom stereocenters. The number of ether oxygens (including phenoxy) is 2. The molecule has 2 aromatic heterocycles. The van der Waals surface area contributed by atoms with Gasteiger partial charge in [0.25, 0.3) is 5.56 Å². The van der Waals surface area contributed by atoms with Crippen molar-refractivity contribution in [3.63, 3.8) is 0 Å². The highest BCUT2D eigenvalue weighted by Gasteiger charge is 2.10. The van der Waals surface area contributed by atoms with Crippen LogP contribution in [0.4, 0.5) is 0 Å². The Bertz CT molecular complexity index is 1520. The lowest BCUT2D eigenvalue weighted by molar-refractivity contribution is 0.217. The number of aromatic nitrogens is 2. The first-order valence-electron chi connectivity index (χ1n) is 10.4. The van der Waals surface area contributed by atoms with E-state index >= 15 is 0 Å². The summed E-state index contributed by atoms with van der Waals surface area (Å²) in [4.78, 5) is 18.1. The molecule has 0 aliphatic rings. The summed E-state index contributed by atoms with van der Waals surface area (Å²) in [7, 11) is 0. The van der Waals surface area contributed by atoms with E-state index < -0.39 is 0 Å². The second-order valence-corrected chi connectivity index (χ2v) is 8.66. The van der Waals surface area contributed by atoms with Crippen LogP contribution in [-0.2, 0) is 0 Å². The molecule has 0 bridgehead atoms. The third kappa shape index (κ3) is 3.97. The summed E-state index contributed by atoms with van der Waals surface area (Å²) in [5.74, 6) is 1.62. The molecule has 32 heavy (non-hydrogen) atoms. The fraction of sp³-hybridized carbons (Fsp3) is 0.154. The highest BCUT2D eigenvalue weighted by Crippen LogP contribution is 2.18. The smallest absolute Gasteiger partial charge is 0.274 e. The van der Waals surface area contributed by atoms with Crippen molar-refractivity contribution in [1.82, 2.24) is 9.38 Å². The Morgan fingerprint density at radius 3 is 2.41 bits per heavy atom. The zero-order chi connectivity index (χ0) is 22.1. The number of fused-ring (bicyclic) bond motifs is 3. The van der Waals surface area contributed by atoms with Gasteiger partial charge in [0.2, 0.25) is 0 Å². The van der Waals surface area contributed by atoms with Crippen molar-refractivity contribution in [3.05, 3.63) is 98.3 Å². The molecule has 0 aliphatic heterocycles. The summed E-state index contributed by atoms with van der Waals surface area (Å²) in [6.45, 7) is 5.08. The standard InChI is InChI=1S/C26H22N2O3S/c1-17-7-10-21(15-18(17)2)31-14-13-30-20-11-8-19(9-12-20)16-24-25(29)28-23-6-4-3-5-22(23)27-26(28)32-24/h3-12,15-16H,13-14H2,1-2H3. The molecule has 0 fully saturated rings. The van der Waals surface area contributed by atoms with E-state index in [-0.39, 0.29) is 5.56 Å². The molecule has 0 saturated carbocycles. The van der Waals surface area contributed by atoms with Crippen LogP contribution in [0.2, 0.25) is 0 Å². The Morgan fingerprint density at radius 1 is 0.906 bits per heavy atom. The monoisotopic (exact) mass is 442 g/mol. The van der Waals surface area contributed by atoms with Crippen LogP contribution < -0.4 is 19.6 Å². The van der Waals surface area contributed by atoms with Gasteiger partial charge in [-0.2, -0.15) is 0 Å². The molecule has 0 aliphatic carbocycles. The van der Waals surface area contributed by atoms with Crippen LogP contribution in [0.15, 0.2) is 71.5 Å². The van der Waals surface area contributed by atoms with Crippen LogP contribution in [0, 0.1) is 13.8 Å². The van der Waals surface area contributed by atoms with E-state index in [0.717, 1.165) is 28.1 Å². The topological polar surface area (TPSA) is 52.8 Å². The maximum atomic E-state index is 12.9. The Balaban J connectivity index is 1.25. The first-order valence-corrected chi connectivity index (χ1v) is 11.2. The highest BCUT2D eigenvalue weighted by molar-refractivity contribution is 7.15. The van der Waals surface area contributed by atoms with Gasteiger partial charge in [0, 0.05) is 0 Å². The van der Waals surface area contributed by atoms with Crippen LogP contribution in [0.5, 0.6) is 11.5 Å². The second kappa shape index (κ2) is 8.48. The quantitative estimate of drug-likeness (QED) is 0.363. The van der Waals surface area contributed by atoms with Crippen molar-refractivity contribution in [2.24, 2.45) is 0 Å². The lowest BCUT2D eigenvalue weighted by Crippen LogP contribution is -2.22. The second-order valence-electron chi connectivity index (χ2n) is 7.65. The minimum atomic E-state index is -0.0393. The van der Waals surface area contributed by atoms with Crippen LogP contribution in [0.1, 0.15) is 16.7 Å². The molecule has 5 nitrogen and oxygen atoms in total. The Labute approximate surface area is 189 Å². The fourth-order valence-corrected chi connectivity index (χ4v) is 4.53. The maximum Gasteiger partial charge on any atom is 0.274 e. The fourth-order valence-electron chi connectivity index (χ4n) is 3.55. The number of thiazole rings is 1. The number of nitrogens with zero attached hydrogens (tertiary/aromatic N) is 2. The minimum absolute atomic E-state index is 0.0393. The third-order valence-corrected chi connectivity index (χ3v) is 6.39. The van der Waals surface area contributed by atoms with Gasteiger partial charge < -0.3 is 9.47 Å². The molecule has 5 aromatic rings. The van der Waals surface area contributed by atoms with Gasteiger partial charge in [-0.15, -0.1) is 0 Å². The molecular weight excluding hydrogens is 420 g/mol. The number of para-hydroxylation sites is 2. The van der Waals surface area contributed by atoms with E-state index in [9.17, 15) is 4.79 Å². The minimum Gasteiger partial charge on any atom is -0.490 e. The summed E-state index contributed by atoms with van der Waals surface area (Å²) in [6, 6.07) is 21.4. The summed E-state index contributed by atoms with van der Waals surface area (Å²) in [5, 5.41) is 0. The van der Waals surface area contributed by atoms with Crippen molar-refractivity contribution in [2.45, 2.75) is 13.8 Å². The normalized spacial score (nSPS) is 12.0. The van der Waals surface area contributed by atoms with Gasteiger partial charge in [0.05, 0.1) is 15.6 Å². The first-order chi connectivity index (χ1) is 15.6. The van der Waals surface area contributed by atoms with Crippen molar-refractivity contribution in [2.75, 3.05) is 13.2 Å². The number of hydrogen-bond donors (Lipinski definition) is 0. The Hall–Kier alpha value is -3.64. The lowest BCUT2D eigenvalue weighted by Gasteiger charge is -2.10. The van der Waals surface area contributed by atoms with Crippen molar-refractivity contribution >= 4 is 33.4 Å². The van der Waals surface area contributed by atoms with Crippen LogP contribution in [0.25, 0.3) is 22.1 Å². The molecule has 3 aromatic carbocycles. The molecule has 0 amide bonds. The summed E-state index contributed by atoms with van der Waals surface area (Å²) in [6.07, 6.45) is 1.89. The van der Waals surface area contributed by atoms with Crippen LogP contribution in [0.3, 0.4) is 0 Å². The van der Waals surface area contributed by atoms with Gasteiger partial charge >= 0.3 is 0 Å². The summed E-state index contributed by atoms with van der Waals surface area (Å²) < 4.78 is 13.9. The van der Waals surface area contributed by atoms with E-state index in [1.807, 2.05) is 66.7 Å². The zero-order valence-electron chi connectivity index (χ0n) is 17.9. The average molecular weight is 443 g/mol. The SMILES string of the molecule is Cc1ccc(OCCOc2ccc(C=c3sc4nc5ccccc5n4c3=O)cc2)cc1C. The van der Waals surface area contributed by atoms with E-state index in [4.69, 9.17) is 9.47 Å². The number of rotatable bonds is 6. The molecule has 0 spiro atoms. The Morgan fingerprint density at radius 2 is 1.62 bits per heavy atom. The molecule has 6 heteroatoms. The number of benzene rings is 3. The van der Waals surface area contributed by atoms with Crippen molar-refractivity contribution in [3.8, 4) is 11.5 Å².